The van der Waals surface area contributed by atoms with Crippen LogP contribution in [0.25, 0.3) is 0 Å². The number of hydrazine groups is 1. The number of hydrogen-bond donors (Lipinski definition) is 3. The number of benzene rings is 3. The standard InChI is InChI=1S/C29H33N3O3/c1-2-3-19-35-22-15-13-21(14-16-22)28-25-26(23-11-7-8-12-24(23)33)30-31-27(25)29(34)32(28)18-17-20-9-5-4-6-10-20/h4-16,25-28,30-31,33H,2-3,17-19H2,1H3. The van der Waals surface area contributed by atoms with Crippen molar-refractivity contribution in [3.05, 3.63) is 95.6 Å². The number of para-hydroxylation sites is 1. The lowest BCUT2D eigenvalue weighted by atomic mass is 9.83. The van der Waals surface area contributed by atoms with E-state index < -0.39 is 0 Å². The van der Waals surface area contributed by atoms with Crippen LogP contribution in [0.1, 0.15) is 48.5 Å². The summed E-state index contributed by atoms with van der Waals surface area (Å²) in [6.07, 6.45) is 2.90. The highest BCUT2D eigenvalue weighted by molar-refractivity contribution is 5.86. The van der Waals surface area contributed by atoms with Gasteiger partial charge in [-0.25, -0.2) is 10.9 Å². The largest absolute Gasteiger partial charge is 0.508 e. The van der Waals surface area contributed by atoms with Gasteiger partial charge in [-0.3, -0.25) is 4.79 Å². The number of hydrogen-bond acceptors (Lipinski definition) is 5. The summed E-state index contributed by atoms with van der Waals surface area (Å²) in [6.45, 7) is 3.48. The molecule has 0 aromatic heterocycles. The smallest absolute Gasteiger partial charge is 0.242 e. The summed E-state index contributed by atoms with van der Waals surface area (Å²) in [6, 6.07) is 25.1. The lowest BCUT2D eigenvalue weighted by Crippen LogP contribution is -2.42. The van der Waals surface area contributed by atoms with Gasteiger partial charge in [0.15, 0.2) is 0 Å². The first-order chi connectivity index (χ1) is 17.2. The Kier molecular flexibility index (Phi) is 7.02. The fourth-order valence-electron chi connectivity index (χ4n) is 5.36. The molecule has 3 N–H and O–H groups in total. The highest BCUT2D eigenvalue weighted by atomic mass is 16.5. The van der Waals surface area contributed by atoms with Crippen LogP contribution in [0.15, 0.2) is 78.9 Å². The summed E-state index contributed by atoms with van der Waals surface area (Å²) < 4.78 is 5.87. The minimum absolute atomic E-state index is 0.0709. The minimum Gasteiger partial charge on any atom is -0.508 e. The number of phenolic OH excluding ortho intramolecular Hbond substituents is 1. The Balaban J connectivity index is 1.46. The molecule has 35 heavy (non-hydrogen) atoms. The van der Waals surface area contributed by atoms with E-state index in [4.69, 9.17) is 4.74 Å². The van der Waals surface area contributed by atoms with E-state index in [1.807, 2.05) is 53.4 Å². The summed E-state index contributed by atoms with van der Waals surface area (Å²) in [4.78, 5) is 15.6. The van der Waals surface area contributed by atoms with Crippen LogP contribution in [0.4, 0.5) is 0 Å². The summed E-state index contributed by atoms with van der Waals surface area (Å²) in [5.41, 5.74) is 9.63. The first-order valence-corrected chi connectivity index (χ1v) is 12.5. The Morgan fingerprint density at radius 3 is 2.37 bits per heavy atom. The zero-order valence-corrected chi connectivity index (χ0v) is 20.1. The van der Waals surface area contributed by atoms with Gasteiger partial charge in [-0.1, -0.05) is 74.0 Å². The highest BCUT2D eigenvalue weighted by Gasteiger charge is 2.55. The maximum absolute atomic E-state index is 13.6. The Hall–Kier alpha value is -3.35. The number of phenols is 1. The van der Waals surface area contributed by atoms with Crippen LogP contribution < -0.4 is 15.6 Å². The molecule has 1 amide bonds. The Morgan fingerprint density at radius 2 is 1.63 bits per heavy atom. The number of nitrogens with one attached hydrogen (secondary N) is 2. The third-order valence-electron chi connectivity index (χ3n) is 7.16. The highest BCUT2D eigenvalue weighted by Crippen LogP contribution is 2.48. The number of aromatic hydroxyl groups is 1. The van der Waals surface area contributed by atoms with Gasteiger partial charge >= 0.3 is 0 Å². The number of ether oxygens (including phenoxy) is 1. The number of rotatable bonds is 9. The zero-order valence-electron chi connectivity index (χ0n) is 20.1. The van der Waals surface area contributed by atoms with Crippen LogP contribution in [0.3, 0.4) is 0 Å². The van der Waals surface area contributed by atoms with E-state index in [1.165, 1.54) is 5.56 Å². The van der Waals surface area contributed by atoms with Crippen LogP contribution in [-0.4, -0.2) is 35.1 Å². The van der Waals surface area contributed by atoms with Crippen LogP contribution >= 0.6 is 0 Å². The van der Waals surface area contributed by atoms with E-state index in [-0.39, 0.29) is 35.7 Å². The quantitative estimate of drug-likeness (QED) is 0.400. The summed E-state index contributed by atoms with van der Waals surface area (Å²) >= 11 is 0. The molecule has 3 aromatic rings. The van der Waals surface area contributed by atoms with Crippen molar-refractivity contribution in [2.24, 2.45) is 5.92 Å². The molecule has 2 aliphatic rings. The molecule has 6 heteroatoms. The van der Waals surface area contributed by atoms with Gasteiger partial charge in [-0.2, -0.15) is 0 Å². The van der Waals surface area contributed by atoms with Crippen molar-refractivity contribution in [3.8, 4) is 11.5 Å². The number of nitrogens with zero attached hydrogens (tertiary/aromatic N) is 1. The average Bonchev–Trinajstić information content (AvgIpc) is 3.43. The second-order valence-corrected chi connectivity index (χ2v) is 9.36. The first-order valence-electron chi connectivity index (χ1n) is 12.5. The molecule has 0 saturated carbocycles. The third kappa shape index (κ3) is 4.77. The minimum atomic E-state index is -0.360. The summed E-state index contributed by atoms with van der Waals surface area (Å²) in [5.74, 6) is 1.10. The van der Waals surface area contributed by atoms with Crippen molar-refractivity contribution in [1.82, 2.24) is 15.8 Å². The molecule has 4 unspecified atom stereocenters. The molecule has 3 aromatic carbocycles. The van der Waals surface area contributed by atoms with Gasteiger partial charge in [0.1, 0.15) is 17.5 Å². The summed E-state index contributed by atoms with van der Waals surface area (Å²) in [5, 5.41) is 10.6. The van der Waals surface area contributed by atoms with E-state index >= 15 is 0 Å². The molecule has 0 aliphatic carbocycles. The van der Waals surface area contributed by atoms with Gasteiger partial charge in [-0.15, -0.1) is 0 Å². The lowest BCUT2D eigenvalue weighted by Gasteiger charge is -2.31. The molecule has 2 fully saturated rings. The molecule has 0 spiro atoms. The fourth-order valence-corrected chi connectivity index (χ4v) is 5.36. The van der Waals surface area contributed by atoms with Gasteiger partial charge in [-0.05, 0) is 42.2 Å². The van der Waals surface area contributed by atoms with Gasteiger partial charge in [0.05, 0.1) is 18.7 Å². The van der Waals surface area contributed by atoms with Crippen molar-refractivity contribution in [1.29, 1.82) is 0 Å². The molecular weight excluding hydrogens is 438 g/mol. The van der Waals surface area contributed by atoms with E-state index in [9.17, 15) is 9.90 Å². The molecule has 0 radical (unpaired) electrons. The predicted molar refractivity (Wildman–Crippen MR) is 136 cm³/mol. The second kappa shape index (κ2) is 10.5. The van der Waals surface area contributed by atoms with Crippen LogP contribution in [0.5, 0.6) is 11.5 Å². The Bertz CT molecular complexity index is 1140. The normalized spacial score (nSPS) is 23.5. The molecular formula is C29H33N3O3. The summed E-state index contributed by atoms with van der Waals surface area (Å²) in [7, 11) is 0. The lowest BCUT2D eigenvalue weighted by molar-refractivity contribution is -0.130. The number of fused-ring (bicyclic) bond motifs is 1. The molecule has 2 aliphatic heterocycles. The topological polar surface area (TPSA) is 73.8 Å². The molecule has 182 valence electrons. The van der Waals surface area contributed by atoms with E-state index in [0.717, 1.165) is 36.1 Å². The zero-order chi connectivity index (χ0) is 24.2. The molecule has 5 rings (SSSR count). The van der Waals surface area contributed by atoms with Crippen LogP contribution in [0.2, 0.25) is 0 Å². The number of unbranched alkanes of at least 4 members (excludes halogenated alkanes) is 1. The van der Waals surface area contributed by atoms with Gasteiger partial charge < -0.3 is 14.7 Å². The van der Waals surface area contributed by atoms with Crippen molar-refractivity contribution < 1.29 is 14.6 Å². The number of carbonyl (C=O) groups is 1. The molecule has 4 atom stereocenters. The van der Waals surface area contributed by atoms with Crippen molar-refractivity contribution >= 4 is 5.91 Å². The van der Waals surface area contributed by atoms with Crippen LogP contribution in [0, 0.1) is 5.92 Å². The van der Waals surface area contributed by atoms with Crippen molar-refractivity contribution in [2.75, 3.05) is 13.2 Å². The molecule has 0 bridgehead atoms. The van der Waals surface area contributed by atoms with Gasteiger partial charge in [0.2, 0.25) is 5.91 Å². The average molecular weight is 472 g/mol. The van der Waals surface area contributed by atoms with Gasteiger partial charge in [0, 0.05) is 18.0 Å². The van der Waals surface area contributed by atoms with Crippen molar-refractivity contribution in [3.63, 3.8) is 0 Å². The number of amides is 1. The first kappa shape index (κ1) is 23.4. The number of carbonyl (C=O) groups excluding carboxylic acids is 1. The Labute approximate surface area is 206 Å². The van der Waals surface area contributed by atoms with Gasteiger partial charge in [0.25, 0.3) is 0 Å². The second-order valence-electron chi connectivity index (χ2n) is 9.36. The van der Waals surface area contributed by atoms with E-state index in [2.05, 4.69) is 42.0 Å². The van der Waals surface area contributed by atoms with E-state index in [1.54, 1.807) is 6.07 Å². The van der Waals surface area contributed by atoms with Crippen LogP contribution in [-0.2, 0) is 11.2 Å². The monoisotopic (exact) mass is 471 g/mol. The predicted octanol–water partition coefficient (Wildman–Crippen LogP) is 4.53. The maximum atomic E-state index is 13.6. The molecule has 2 heterocycles. The Morgan fingerprint density at radius 1 is 0.914 bits per heavy atom. The van der Waals surface area contributed by atoms with E-state index in [0.29, 0.717) is 13.2 Å². The fraction of sp³-hybridized carbons (Fsp3) is 0.345. The SMILES string of the molecule is CCCCOc1ccc(C2C3C(NNC3c3ccccc3O)C(=O)N2CCc2ccccc2)cc1. The maximum Gasteiger partial charge on any atom is 0.242 e. The molecule has 2 saturated heterocycles. The number of likely N-dealkylation sites (tertiary alicyclic amines) is 1. The molecule has 6 nitrogen and oxygen atoms in total. The van der Waals surface area contributed by atoms with Crippen molar-refractivity contribution in [2.45, 2.75) is 44.3 Å². The third-order valence-corrected chi connectivity index (χ3v) is 7.16.